The zero-order valence-electron chi connectivity index (χ0n) is 20.5. The number of hydrogen-bond donors (Lipinski definition) is 1. The summed E-state index contributed by atoms with van der Waals surface area (Å²) >= 11 is 0. The van der Waals surface area contributed by atoms with Gasteiger partial charge in [0.05, 0.1) is 6.42 Å². The van der Waals surface area contributed by atoms with Crippen LogP contribution >= 0.6 is 0 Å². The molecule has 10 nitrogen and oxygen atoms in total. The molecule has 3 aliphatic rings. The number of esters is 1. The van der Waals surface area contributed by atoms with Crippen molar-refractivity contribution in [1.29, 1.82) is 0 Å². The second kappa shape index (κ2) is 11.7. The van der Waals surface area contributed by atoms with Crippen molar-refractivity contribution >= 4 is 30.1 Å². The van der Waals surface area contributed by atoms with Crippen molar-refractivity contribution in [2.75, 3.05) is 26.2 Å². The summed E-state index contributed by atoms with van der Waals surface area (Å²) in [5.74, 6) is -0.826. The minimum absolute atomic E-state index is 0.00954. The highest BCUT2D eigenvalue weighted by Crippen LogP contribution is 2.26. The topological polar surface area (TPSA) is 116 Å². The van der Waals surface area contributed by atoms with E-state index >= 15 is 0 Å². The third kappa shape index (κ3) is 6.07. The van der Waals surface area contributed by atoms with Crippen LogP contribution in [0, 0.1) is 5.92 Å². The van der Waals surface area contributed by atoms with Crippen LogP contribution in [0.15, 0.2) is 0 Å². The van der Waals surface area contributed by atoms with E-state index in [0.717, 1.165) is 12.8 Å². The lowest BCUT2D eigenvalue weighted by Gasteiger charge is -2.38. The van der Waals surface area contributed by atoms with E-state index in [1.807, 2.05) is 20.8 Å². The Morgan fingerprint density at radius 1 is 1.00 bits per heavy atom. The number of ether oxygens (including phenoxy) is 1. The molecule has 1 N–H and O–H groups in total. The van der Waals surface area contributed by atoms with Crippen LogP contribution in [0.3, 0.4) is 0 Å². The maximum Gasteiger partial charge on any atom is 0.328 e. The van der Waals surface area contributed by atoms with E-state index in [0.29, 0.717) is 51.7 Å². The third-order valence-electron chi connectivity index (χ3n) is 6.89. The number of piperidine rings is 1. The summed E-state index contributed by atoms with van der Waals surface area (Å²) in [5, 5.41) is 2.91. The molecule has 10 heteroatoms. The van der Waals surface area contributed by atoms with Gasteiger partial charge in [0.15, 0.2) is 0 Å². The lowest BCUT2D eigenvalue weighted by molar-refractivity contribution is -0.153. The van der Waals surface area contributed by atoms with Gasteiger partial charge in [0.2, 0.25) is 24.1 Å². The Labute approximate surface area is 201 Å². The molecule has 0 saturated carbocycles. The van der Waals surface area contributed by atoms with Crippen LogP contribution in [0.2, 0.25) is 0 Å². The molecule has 0 spiro atoms. The predicted molar refractivity (Wildman–Crippen MR) is 123 cm³/mol. The molecule has 0 aromatic carbocycles. The maximum absolute atomic E-state index is 13.4. The zero-order chi connectivity index (χ0) is 24.8. The van der Waals surface area contributed by atoms with E-state index in [2.05, 4.69) is 5.32 Å². The van der Waals surface area contributed by atoms with E-state index in [-0.39, 0.29) is 42.7 Å². The highest BCUT2D eigenvalue weighted by atomic mass is 16.5. The molecular formula is C24H38N4O6. The number of amides is 4. The number of likely N-dealkylation sites (tertiary alicyclic amines) is 3. The van der Waals surface area contributed by atoms with Gasteiger partial charge >= 0.3 is 5.97 Å². The number of hydrogen-bond acceptors (Lipinski definition) is 6. The van der Waals surface area contributed by atoms with E-state index in [1.165, 1.54) is 4.90 Å². The molecule has 34 heavy (non-hydrogen) atoms. The first-order valence-electron chi connectivity index (χ1n) is 12.5. The van der Waals surface area contributed by atoms with Crippen molar-refractivity contribution in [3.05, 3.63) is 0 Å². The first kappa shape index (κ1) is 26.0. The number of carbonyl (C=O) groups is 5. The van der Waals surface area contributed by atoms with Crippen molar-refractivity contribution in [3.63, 3.8) is 0 Å². The average molecular weight is 479 g/mol. The fourth-order valence-electron chi connectivity index (χ4n) is 5.27. The van der Waals surface area contributed by atoms with Crippen molar-refractivity contribution in [2.45, 2.75) is 89.9 Å². The minimum Gasteiger partial charge on any atom is -0.464 e. The summed E-state index contributed by atoms with van der Waals surface area (Å²) in [7, 11) is 0. The first-order chi connectivity index (χ1) is 16.2. The smallest absolute Gasteiger partial charge is 0.328 e. The lowest BCUT2D eigenvalue weighted by Crippen LogP contribution is -2.57. The number of carbonyl (C=O) groups excluding carboxylic acids is 5. The molecule has 3 rings (SSSR count). The summed E-state index contributed by atoms with van der Waals surface area (Å²) in [6.07, 6.45) is 4.83. The van der Waals surface area contributed by atoms with Crippen molar-refractivity contribution in [1.82, 2.24) is 20.0 Å². The second-order valence-electron chi connectivity index (χ2n) is 10.0. The second-order valence-corrected chi connectivity index (χ2v) is 10.0. The Morgan fingerprint density at radius 3 is 2.41 bits per heavy atom. The molecule has 3 unspecified atom stereocenters. The standard InChI is InChI=1S/C24H38N4O6/c1-16(2)25-22(31)18-7-4-5-10-28(18)23(32)19-8-6-11-27(19)21(30)9-12-34-24(33)20-13-17(3)14-26(20)15-29/h15-20H,4-14H2,1-3H3,(H,25,31)/t17-,18?,19?,20?/m1/s1. The molecular weight excluding hydrogens is 440 g/mol. The van der Waals surface area contributed by atoms with Gasteiger partial charge in [0.25, 0.3) is 0 Å². The lowest BCUT2D eigenvalue weighted by atomic mass is 9.99. The van der Waals surface area contributed by atoms with Gasteiger partial charge in [-0.05, 0) is 58.3 Å². The van der Waals surface area contributed by atoms with Crippen LogP contribution in [0.25, 0.3) is 0 Å². The molecule has 190 valence electrons. The molecule has 4 amide bonds. The van der Waals surface area contributed by atoms with Crippen LogP contribution in [-0.2, 0) is 28.7 Å². The van der Waals surface area contributed by atoms with E-state index in [9.17, 15) is 24.0 Å². The molecule has 3 aliphatic heterocycles. The Balaban J connectivity index is 1.55. The summed E-state index contributed by atoms with van der Waals surface area (Å²) in [4.78, 5) is 67.2. The van der Waals surface area contributed by atoms with Crippen molar-refractivity contribution < 1.29 is 28.7 Å². The molecule has 3 heterocycles. The average Bonchev–Trinajstić information content (AvgIpc) is 3.44. The quantitative estimate of drug-likeness (QED) is 0.405. The van der Waals surface area contributed by atoms with Gasteiger partial charge in [-0.1, -0.05) is 6.92 Å². The Morgan fingerprint density at radius 2 is 1.71 bits per heavy atom. The fourth-order valence-corrected chi connectivity index (χ4v) is 5.27. The monoisotopic (exact) mass is 478 g/mol. The summed E-state index contributed by atoms with van der Waals surface area (Å²) in [5.41, 5.74) is 0. The summed E-state index contributed by atoms with van der Waals surface area (Å²) in [6, 6.07) is -1.70. The normalized spacial score (nSPS) is 27.1. The molecule has 0 aromatic heterocycles. The van der Waals surface area contributed by atoms with Gasteiger partial charge in [-0.2, -0.15) is 0 Å². The van der Waals surface area contributed by atoms with Crippen LogP contribution < -0.4 is 5.32 Å². The Hall–Kier alpha value is -2.65. The molecule has 3 fully saturated rings. The van der Waals surface area contributed by atoms with Gasteiger partial charge in [-0.15, -0.1) is 0 Å². The molecule has 0 radical (unpaired) electrons. The molecule has 4 atom stereocenters. The van der Waals surface area contributed by atoms with Gasteiger partial charge in [0.1, 0.15) is 24.7 Å². The largest absolute Gasteiger partial charge is 0.464 e. The maximum atomic E-state index is 13.4. The van der Waals surface area contributed by atoms with Crippen LogP contribution in [0.4, 0.5) is 0 Å². The van der Waals surface area contributed by atoms with E-state index in [1.54, 1.807) is 9.80 Å². The zero-order valence-corrected chi connectivity index (χ0v) is 20.5. The van der Waals surface area contributed by atoms with Gasteiger partial charge < -0.3 is 24.8 Å². The molecule has 0 aliphatic carbocycles. The van der Waals surface area contributed by atoms with Gasteiger partial charge in [0, 0.05) is 25.7 Å². The van der Waals surface area contributed by atoms with Crippen LogP contribution in [-0.4, -0.2) is 95.2 Å². The molecule has 0 bridgehead atoms. The van der Waals surface area contributed by atoms with Gasteiger partial charge in [-0.3, -0.25) is 19.2 Å². The Bertz CT molecular complexity index is 787. The molecule has 0 aromatic rings. The predicted octanol–water partition coefficient (Wildman–Crippen LogP) is 0.683. The first-order valence-corrected chi connectivity index (χ1v) is 12.5. The number of nitrogens with one attached hydrogen (secondary N) is 1. The van der Waals surface area contributed by atoms with E-state index < -0.39 is 24.1 Å². The molecule has 3 saturated heterocycles. The Kier molecular flexibility index (Phi) is 8.90. The van der Waals surface area contributed by atoms with E-state index in [4.69, 9.17) is 4.74 Å². The van der Waals surface area contributed by atoms with Gasteiger partial charge in [-0.25, -0.2) is 4.79 Å². The van der Waals surface area contributed by atoms with Crippen LogP contribution in [0.1, 0.15) is 65.7 Å². The summed E-state index contributed by atoms with van der Waals surface area (Å²) in [6.45, 7) is 7.16. The minimum atomic E-state index is -0.600. The summed E-state index contributed by atoms with van der Waals surface area (Å²) < 4.78 is 5.30. The van der Waals surface area contributed by atoms with Crippen molar-refractivity contribution in [3.8, 4) is 0 Å². The third-order valence-corrected chi connectivity index (χ3v) is 6.89. The highest BCUT2D eigenvalue weighted by Gasteiger charge is 2.41. The number of nitrogens with zero attached hydrogens (tertiary/aromatic N) is 3. The highest BCUT2D eigenvalue weighted by molar-refractivity contribution is 5.92. The number of rotatable bonds is 8. The fraction of sp³-hybridized carbons (Fsp3) is 0.792. The SMILES string of the molecule is CC(C)NC(=O)C1CCCCN1C(=O)C1CCCN1C(=O)CCOC(=O)C1C[C@@H](C)CN1C=O. The van der Waals surface area contributed by atoms with Crippen molar-refractivity contribution in [2.24, 2.45) is 5.92 Å². The van der Waals surface area contributed by atoms with Crippen LogP contribution in [0.5, 0.6) is 0 Å².